The van der Waals surface area contributed by atoms with Crippen molar-refractivity contribution in [2.24, 2.45) is 5.14 Å². The summed E-state index contributed by atoms with van der Waals surface area (Å²) >= 11 is 0. The standard InChI is InChI=1S/C19H14FN3O2S/c20-14-7-5-13(6-8-14)19-17-3-1-2-4-18(17)22-23(19)15-9-11-16(12-10-15)26(21,24)25/h1-12H,(H2,21,24,25). The number of primary sulfonamides is 1. The van der Waals surface area contributed by atoms with Gasteiger partial charge in [0.2, 0.25) is 10.0 Å². The third-order valence-electron chi connectivity index (χ3n) is 4.11. The van der Waals surface area contributed by atoms with E-state index in [1.807, 2.05) is 24.3 Å². The van der Waals surface area contributed by atoms with Crippen LogP contribution >= 0.6 is 0 Å². The van der Waals surface area contributed by atoms with Gasteiger partial charge < -0.3 is 0 Å². The lowest BCUT2D eigenvalue weighted by atomic mass is 10.1. The van der Waals surface area contributed by atoms with E-state index in [0.717, 1.165) is 22.2 Å². The zero-order valence-corrected chi connectivity index (χ0v) is 14.3. The predicted molar refractivity (Wildman–Crippen MR) is 97.8 cm³/mol. The number of aromatic nitrogens is 2. The number of nitrogens with two attached hydrogens (primary N) is 1. The highest BCUT2D eigenvalue weighted by Crippen LogP contribution is 2.31. The SMILES string of the molecule is NS(=O)(=O)c1ccc(-n2nc3ccccc3c2-c2ccc(F)cc2)cc1. The largest absolute Gasteiger partial charge is 0.238 e. The molecule has 0 unspecified atom stereocenters. The number of hydrogen-bond donors (Lipinski definition) is 1. The van der Waals surface area contributed by atoms with Crippen molar-refractivity contribution in [2.45, 2.75) is 4.90 Å². The third-order valence-corrected chi connectivity index (χ3v) is 5.04. The lowest BCUT2D eigenvalue weighted by Gasteiger charge is -2.09. The third kappa shape index (κ3) is 2.87. The quantitative estimate of drug-likeness (QED) is 0.602. The summed E-state index contributed by atoms with van der Waals surface area (Å²) in [6, 6.07) is 19.9. The zero-order chi connectivity index (χ0) is 18.3. The number of rotatable bonds is 3. The Hall–Kier alpha value is -3.03. The summed E-state index contributed by atoms with van der Waals surface area (Å²) in [4.78, 5) is 0.0290. The zero-order valence-electron chi connectivity index (χ0n) is 13.5. The minimum atomic E-state index is -3.76. The van der Waals surface area contributed by atoms with Gasteiger partial charge in [0.25, 0.3) is 0 Å². The van der Waals surface area contributed by atoms with Crippen molar-refractivity contribution in [3.63, 3.8) is 0 Å². The molecule has 0 atom stereocenters. The molecular weight excluding hydrogens is 353 g/mol. The van der Waals surface area contributed by atoms with Gasteiger partial charge in [-0.15, -0.1) is 0 Å². The number of sulfonamides is 1. The van der Waals surface area contributed by atoms with E-state index < -0.39 is 10.0 Å². The molecule has 0 amide bonds. The summed E-state index contributed by atoms with van der Waals surface area (Å²) in [5.74, 6) is -0.318. The van der Waals surface area contributed by atoms with Crippen molar-refractivity contribution in [2.75, 3.05) is 0 Å². The second-order valence-electron chi connectivity index (χ2n) is 5.82. The Morgan fingerprint density at radius 3 is 2.19 bits per heavy atom. The van der Waals surface area contributed by atoms with Crippen LogP contribution in [0.1, 0.15) is 0 Å². The summed E-state index contributed by atoms with van der Waals surface area (Å²) in [5, 5.41) is 10.7. The average molecular weight is 367 g/mol. The molecule has 4 aromatic rings. The number of fused-ring (bicyclic) bond motifs is 1. The van der Waals surface area contributed by atoms with Gasteiger partial charge in [-0.3, -0.25) is 0 Å². The predicted octanol–water partition coefficient (Wildman–Crippen LogP) is 3.48. The topological polar surface area (TPSA) is 78.0 Å². The fourth-order valence-electron chi connectivity index (χ4n) is 2.88. The fraction of sp³-hybridized carbons (Fsp3) is 0. The molecule has 5 nitrogen and oxygen atoms in total. The van der Waals surface area contributed by atoms with E-state index in [1.165, 1.54) is 24.3 Å². The molecule has 1 aromatic heterocycles. The first kappa shape index (κ1) is 16.4. The minimum absolute atomic E-state index is 0.0290. The van der Waals surface area contributed by atoms with Gasteiger partial charge in [0.05, 0.1) is 21.8 Å². The molecule has 1 heterocycles. The van der Waals surface area contributed by atoms with Crippen molar-refractivity contribution in [3.05, 3.63) is 78.6 Å². The van der Waals surface area contributed by atoms with Crippen LogP contribution in [0.25, 0.3) is 27.8 Å². The molecule has 0 aliphatic heterocycles. The Balaban J connectivity index is 1.95. The number of benzene rings is 3. The summed E-state index contributed by atoms with van der Waals surface area (Å²) in [7, 11) is -3.76. The Morgan fingerprint density at radius 1 is 0.885 bits per heavy atom. The molecule has 0 saturated carbocycles. The monoisotopic (exact) mass is 367 g/mol. The van der Waals surface area contributed by atoms with Crippen LogP contribution in [0.15, 0.2) is 77.7 Å². The van der Waals surface area contributed by atoms with Crippen LogP contribution in [0.4, 0.5) is 4.39 Å². The Kier molecular flexibility index (Phi) is 3.82. The van der Waals surface area contributed by atoms with Gasteiger partial charge in [0.1, 0.15) is 5.82 Å². The van der Waals surface area contributed by atoms with Crippen molar-refractivity contribution in [1.29, 1.82) is 0 Å². The van der Waals surface area contributed by atoms with Crippen LogP contribution in [-0.4, -0.2) is 18.2 Å². The maximum atomic E-state index is 13.3. The number of nitrogens with zero attached hydrogens (tertiary/aromatic N) is 2. The molecule has 130 valence electrons. The first-order valence-electron chi connectivity index (χ1n) is 7.80. The van der Waals surface area contributed by atoms with Crippen LogP contribution in [0.2, 0.25) is 0 Å². The van der Waals surface area contributed by atoms with E-state index in [0.29, 0.717) is 5.69 Å². The Morgan fingerprint density at radius 2 is 1.54 bits per heavy atom. The molecule has 0 aliphatic rings. The van der Waals surface area contributed by atoms with Gasteiger partial charge in [-0.05, 0) is 54.6 Å². The molecule has 4 rings (SSSR count). The van der Waals surface area contributed by atoms with E-state index >= 15 is 0 Å². The van der Waals surface area contributed by atoms with E-state index in [1.54, 1.807) is 28.9 Å². The van der Waals surface area contributed by atoms with Gasteiger partial charge in [-0.2, -0.15) is 5.10 Å². The van der Waals surface area contributed by atoms with Gasteiger partial charge in [-0.1, -0.05) is 18.2 Å². The molecule has 0 radical (unpaired) electrons. The molecule has 0 aliphatic carbocycles. The van der Waals surface area contributed by atoms with E-state index in [-0.39, 0.29) is 10.7 Å². The van der Waals surface area contributed by atoms with Crippen molar-refractivity contribution in [3.8, 4) is 16.9 Å². The highest BCUT2D eigenvalue weighted by atomic mass is 32.2. The molecule has 7 heteroatoms. The van der Waals surface area contributed by atoms with E-state index in [2.05, 4.69) is 5.10 Å². The molecule has 26 heavy (non-hydrogen) atoms. The molecule has 0 fully saturated rings. The smallest absolute Gasteiger partial charge is 0.232 e. The van der Waals surface area contributed by atoms with E-state index in [9.17, 15) is 12.8 Å². The molecular formula is C19H14FN3O2S. The highest BCUT2D eigenvalue weighted by molar-refractivity contribution is 7.89. The molecule has 3 aromatic carbocycles. The number of halogens is 1. The Bertz CT molecular complexity index is 1200. The first-order valence-corrected chi connectivity index (χ1v) is 9.35. The van der Waals surface area contributed by atoms with Crippen LogP contribution in [0.5, 0.6) is 0 Å². The van der Waals surface area contributed by atoms with Crippen LogP contribution in [0, 0.1) is 5.82 Å². The summed E-state index contributed by atoms with van der Waals surface area (Å²) in [5.41, 5.74) is 3.05. The van der Waals surface area contributed by atoms with Gasteiger partial charge in [-0.25, -0.2) is 22.6 Å². The molecule has 0 bridgehead atoms. The normalized spacial score (nSPS) is 11.8. The summed E-state index contributed by atoms with van der Waals surface area (Å²) in [6.45, 7) is 0. The summed E-state index contributed by atoms with van der Waals surface area (Å²) in [6.07, 6.45) is 0. The maximum Gasteiger partial charge on any atom is 0.238 e. The minimum Gasteiger partial charge on any atom is -0.232 e. The second kappa shape index (κ2) is 6.05. The lowest BCUT2D eigenvalue weighted by Crippen LogP contribution is -2.12. The van der Waals surface area contributed by atoms with Crippen molar-refractivity contribution in [1.82, 2.24) is 9.78 Å². The van der Waals surface area contributed by atoms with Crippen molar-refractivity contribution < 1.29 is 12.8 Å². The van der Waals surface area contributed by atoms with Crippen LogP contribution in [0.3, 0.4) is 0 Å². The van der Waals surface area contributed by atoms with Gasteiger partial charge in [0, 0.05) is 10.9 Å². The molecule has 0 saturated heterocycles. The Labute approximate surface area is 149 Å². The van der Waals surface area contributed by atoms with Crippen molar-refractivity contribution >= 4 is 20.9 Å². The van der Waals surface area contributed by atoms with E-state index in [4.69, 9.17) is 5.14 Å². The van der Waals surface area contributed by atoms with Crippen LogP contribution in [-0.2, 0) is 10.0 Å². The van der Waals surface area contributed by atoms with Gasteiger partial charge >= 0.3 is 0 Å². The second-order valence-corrected chi connectivity index (χ2v) is 7.38. The maximum absolute atomic E-state index is 13.3. The van der Waals surface area contributed by atoms with Gasteiger partial charge in [0.15, 0.2) is 0 Å². The lowest BCUT2D eigenvalue weighted by molar-refractivity contribution is 0.597. The highest BCUT2D eigenvalue weighted by Gasteiger charge is 2.15. The summed E-state index contributed by atoms with van der Waals surface area (Å²) < 4.78 is 38.0. The average Bonchev–Trinajstić information content (AvgIpc) is 3.01. The molecule has 0 spiro atoms. The fourth-order valence-corrected chi connectivity index (χ4v) is 3.40. The number of hydrogen-bond acceptors (Lipinski definition) is 3. The molecule has 2 N–H and O–H groups in total. The first-order chi connectivity index (χ1) is 12.4. The van der Waals surface area contributed by atoms with Crippen LogP contribution < -0.4 is 5.14 Å².